The highest BCUT2D eigenvalue weighted by molar-refractivity contribution is 6.30. The lowest BCUT2D eigenvalue weighted by atomic mass is 10.2. The van der Waals surface area contributed by atoms with Crippen molar-refractivity contribution in [1.82, 2.24) is 4.90 Å². The average molecular weight is 227 g/mol. The van der Waals surface area contributed by atoms with E-state index in [0.717, 1.165) is 6.42 Å². The van der Waals surface area contributed by atoms with Gasteiger partial charge < -0.3 is 10.6 Å². The molecule has 4 heteroatoms. The topological polar surface area (TPSA) is 46.3 Å². The van der Waals surface area contributed by atoms with Gasteiger partial charge in [-0.15, -0.1) is 0 Å². The smallest absolute Gasteiger partial charge is 0.253 e. The Bertz CT molecular complexity index is 324. The molecule has 0 heterocycles. The van der Waals surface area contributed by atoms with Crippen molar-refractivity contribution < 1.29 is 4.79 Å². The maximum atomic E-state index is 11.8. The van der Waals surface area contributed by atoms with Crippen LogP contribution in [0.4, 0.5) is 0 Å². The van der Waals surface area contributed by atoms with Crippen LogP contribution >= 0.6 is 11.6 Å². The van der Waals surface area contributed by atoms with Gasteiger partial charge in [-0.25, -0.2) is 0 Å². The highest BCUT2D eigenvalue weighted by Gasteiger charge is 2.10. The van der Waals surface area contributed by atoms with Crippen molar-refractivity contribution in [3.05, 3.63) is 34.9 Å². The lowest BCUT2D eigenvalue weighted by Crippen LogP contribution is -2.28. The van der Waals surface area contributed by atoms with Crippen molar-refractivity contribution in [3.8, 4) is 0 Å². The van der Waals surface area contributed by atoms with E-state index in [1.165, 1.54) is 0 Å². The molecule has 0 saturated carbocycles. The zero-order chi connectivity index (χ0) is 11.3. The molecule has 0 fully saturated rings. The standard InChI is InChI=1S/C11H15ClN2O/c1-14(8-2-7-13)11(15)9-3-5-10(12)6-4-9/h3-6H,2,7-8,13H2,1H3. The number of hydrogen-bond acceptors (Lipinski definition) is 2. The number of nitrogens with two attached hydrogens (primary N) is 1. The molecule has 0 unspecified atom stereocenters. The second-order valence-corrected chi connectivity index (χ2v) is 3.81. The molecular weight excluding hydrogens is 212 g/mol. The quantitative estimate of drug-likeness (QED) is 0.851. The number of carbonyl (C=O) groups is 1. The second kappa shape index (κ2) is 5.73. The molecule has 15 heavy (non-hydrogen) atoms. The van der Waals surface area contributed by atoms with Crippen LogP contribution in [-0.4, -0.2) is 30.9 Å². The molecule has 1 aromatic carbocycles. The van der Waals surface area contributed by atoms with Gasteiger partial charge in [0.2, 0.25) is 0 Å². The molecule has 82 valence electrons. The van der Waals surface area contributed by atoms with Gasteiger partial charge in [-0.1, -0.05) is 11.6 Å². The van der Waals surface area contributed by atoms with Crippen LogP contribution in [0.1, 0.15) is 16.8 Å². The van der Waals surface area contributed by atoms with Crippen LogP contribution in [0.25, 0.3) is 0 Å². The molecule has 1 amide bonds. The molecule has 0 atom stereocenters. The number of amides is 1. The minimum Gasteiger partial charge on any atom is -0.342 e. The summed E-state index contributed by atoms with van der Waals surface area (Å²) in [5.74, 6) is 0.000108. The maximum Gasteiger partial charge on any atom is 0.253 e. The third-order valence-corrected chi connectivity index (χ3v) is 2.39. The number of carbonyl (C=O) groups excluding carboxylic acids is 1. The monoisotopic (exact) mass is 226 g/mol. The Morgan fingerprint density at radius 2 is 2.00 bits per heavy atom. The SMILES string of the molecule is CN(CCCN)C(=O)c1ccc(Cl)cc1. The van der Waals surface area contributed by atoms with Crippen molar-refractivity contribution in [2.45, 2.75) is 6.42 Å². The first-order valence-electron chi connectivity index (χ1n) is 4.86. The fourth-order valence-corrected chi connectivity index (χ4v) is 1.37. The summed E-state index contributed by atoms with van der Waals surface area (Å²) in [6.07, 6.45) is 0.815. The second-order valence-electron chi connectivity index (χ2n) is 3.38. The van der Waals surface area contributed by atoms with Crippen molar-refractivity contribution in [2.24, 2.45) is 5.73 Å². The number of halogens is 1. The Hall–Kier alpha value is -1.06. The van der Waals surface area contributed by atoms with E-state index in [9.17, 15) is 4.79 Å². The molecule has 0 radical (unpaired) electrons. The predicted molar refractivity (Wildman–Crippen MR) is 62.1 cm³/mol. The molecule has 1 rings (SSSR count). The molecule has 0 aliphatic heterocycles. The average Bonchev–Trinajstić information content (AvgIpc) is 2.26. The van der Waals surface area contributed by atoms with Crippen LogP contribution in [0, 0.1) is 0 Å². The summed E-state index contributed by atoms with van der Waals surface area (Å²) in [6, 6.07) is 6.88. The number of nitrogens with zero attached hydrogens (tertiary/aromatic N) is 1. The van der Waals surface area contributed by atoms with Crippen molar-refractivity contribution in [1.29, 1.82) is 0 Å². The van der Waals surface area contributed by atoms with Crippen molar-refractivity contribution in [3.63, 3.8) is 0 Å². The number of hydrogen-bond donors (Lipinski definition) is 1. The van der Waals surface area contributed by atoms with E-state index in [-0.39, 0.29) is 5.91 Å². The molecule has 0 saturated heterocycles. The maximum absolute atomic E-state index is 11.8. The molecule has 3 nitrogen and oxygen atoms in total. The van der Waals surface area contributed by atoms with Gasteiger partial charge in [0.25, 0.3) is 5.91 Å². The van der Waals surface area contributed by atoms with Crippen LogP contribution in [-0.2, 0) is 0 Å². The summed E-state index contributed by atoms with van der Waals surface area (Å²) < 4.78 is 0. The fourth-order valence-electron chi connectivity index (χ4n) is 1.24. The first-order valence-corrected chi connectivity index (χ1v) is 5.24. The Morgan fingerprint density at radius 1 is 1.40 bits per heavy atom. The van der Waals surface area contributed by atoms with Crippen LogP contribution in [0.5, 0.6) is 0 Å². The van der Waals surface area contributed by atoms with E-state index in [2.05, 4.69) is 0 Å². The van der Waals surface area contributed by atoms with Gasteiger partial charge in [0.15, 0.2) is 0 Å². The summed E-state index contributed by atoms with van der Waals surface area (Å²) in [7, 11) is 1.77. The normalized spacial score (nSPS) is 10.1. The lowest BCUT2D eigenvalue weighted by Gasteiger charge is -2.16. The van der Waals surface area contributed by atoms with E-state index >= 15 is 0 Å². The summed E-state index contributed by atoms with van der Waals surface area (Å²) in [5, 5.41) is 0.635. The first-order chi connectivity index (χ1) is 7.15. The van der Waals surface area contributed by atoms with E-state index in [1.54, 1.807) is 36.2 Å². The minimum atomic E-state index is 0.000108. The molecule has 2 N–H and O–H groups in total. The molecule has 0 aliphatic rings. The zero-order valence-electron chi connectivity index (χ0n) is 8.74. The van der Waals surface area contributed by atoms with Gasteiger partial charge in [0.05, 0.1) is 0 Å². The summed E-state index contributed by atoms with van der Waals surface area (Å²) in [5.41, 5.74) is 6.03. The highest BCUT2D eigenvalue weighted by atomic mass is 35.5. The first kappa shape index (κ1) is 12.0. The largest absolute Gasteiger partial charge is 0.342 e. The van der Waals surface area contributed by atoms with Gasteiger partial charge in [-0.2, -0.15) is 0 Å². The number of benzene rings is 1. The Morgan fingerprint density at radius 3 is 2.53 bits per heavy atom. The van der Waals surface area contributed by atoms with E-state index < -0.39 is 0 Å². The third kappa shape index (κ3) is 3.53. The van der Waals surface area contributed by atoms with Gasteiger partial charge in [0, 0.05) is 24.2 Å². The summed E-state index contributed by atoms with van der Waals surface area (Å²) in [6.45, 7) is 1.27. The van der Waals surface area contributed by atoms with Crippen LogP contribution in [0.2, 0.25) is 5.02 Å². The highest BCUT2D eigenvalue weighted by Crippen LogP contribution is 2.11. The van der Waals surface area contributed by atoms with Crippen LogP contribution in [0.15, 0.2) is 24.3 Å². The van der Waals surface area contributed by atoms with Crippen molar-refractivity contribution >= 4 is 17.5 Å². The lowest BCUT2D eigenvalue weighted by molar-refractivity contribution is 0.0794. The fraction of sp³-hybridized carbons (Fsp3) is 0.364. The molecule has 0 aliphatic carbocycles. The Balaban J connectivity index is 2.63. The minimum absolute atomic E-state index is 0.000108. The summed E-state index contributed by atoms with van der Waals surface area (Å²) in [4.78, 5) is 13.5. The van der Waals surface area contributed by atoms with E-state index in [0.29, 0.717) is 23.7 Å². The van der Waals surface area contributed by atoms with E-state index in [4.69, 9.17) is 17.3 Å². The van der Waals surface area contributed by atoms with Crippen LogP contribution < -0.4 is 5.73 Å². The molecular formula is C11H15ClN2O. The molecule has 0 aromatic heterocycles. The van der Waals surface area contributed by atoms with Gasteiger partial charge in [-0.05, 0) is 37.2 Å². The molecule has 0 spiro atoms. The predicted octanol–water partition coefficient (Wildman–Crippen LogP) is 1.76. The van der Waals surface area contributed by atoms with E-state index in [1.807, 2.05) is 0 Å². The van der Waals surface area contributed by atoms with Crippen LogP contribution in [0.3, 0.4) is 0 Å². The third-order valence-electron chi connectivity index (χ3n) is 2.14. The zero-order valence-corrected chi connectivity index (χ0v) is 9.50. The molecule has 0 bridgehead atoms. The number of rotatable bonds is 4. The van der Waals surface area contributed by atoms with Gasteiger partial charge in [0.1, 0.15) is 0 Å². The van der Waals surface area contributed by atoms with Gasteiger partial charge in [-0.3, -0.25) is 4.79 Å². The Labute approximate surface area is 94.8 Å². The summed E-state index contributed by atoms with van der Waals surface area (Å²) >= 11 is 5.74. The van der Waals surface area contributed by atoms with Gasteiger partial charge >= 0.3 is 0 Å². The van der Waals surface area contributed by atoms with Crippen molar-refractivity contribution in [2.75, 3.05) is 20.1 Å². The molecule has 1 aromatic rings. The Kier molecular flexibility index (Phi) is 4.59.